The molecule has 0 fully saturated rings. The van der Waals surface area contributed by atoms with E-state index in [2.05, 4.69) is 5.10 Å². The molecule has 3 heteroatoms. The van der Waals surface area contributed by atoms with Crippen LogP contribution in [-0.2, 0) is 0 Å². The molecule has 0 unspecified atom stereocenters. The summed E-state index contributed by atoms with van der Waals surface area (Å²) in [6, 6.07) is 7.49. The van der Waals surface area contributed by atoms with Gasteiger partial charge in [-0.1, -0.05) is 30.7 Å². The van der Waals surface area contributed by atoms with E-state index >= 15 is 0 Å². The molecule has 0 radical (unpaired) electrons. The average molecular weight is 183 g/mol. The highest BCUT2D eigenvalue weighted by Crippen LogP contribution is 2.11. The van der Waals surface area contributed by atoms with E-state index in [0.717, 1.165) is 22.7 Å². The molecule has 0 saturated carbocycles. The Labute approximate surface area is 77.0 Å². The maximum Gasteiger partial charge on any atom is 0.0670 e. The highest BCUT2D eigenvalue weighted by Gasteiger charge is 1.99. The van der Waals surface area contributed by atoms with E-state index < -0.39 is 0 Å². The topological polar surface area (TPSA) is 38.4 Å². The van der Waals surface area contributed by atoms with E-state index in [-0.39, 0.29) is 0 Å². The number of halogens is 1. The summed E-state index contributed by atoms with van der Waals surface area (Å²) >= 11 is 5.73. The van der Waals surface area contributed by atoms with Gasteiger partial charge in [0.15, 0.2) is 0 Å². The van der Waals surface area contributed by atoms with Crippen molar-refractivity contribution in [3.63, 3.8) is 0 Å². The van der Waals surface area contributed by atoms with Gasteiger partial charge in [0.05, 0.1) is 5.71 Å². The van der Waals surface area contributed by atoms with Gasteiger partial charge in [0.25, 0.3) is 0 Å². The van der Waals surface area contributed by atoms with Gasteiger partial charge in [-0.15, -0.1) is 0 Å². The Morgan fingerprint density at radius 2 is 2.00 bits per heavy atom. The molecule has 0 heterocycles. The Bertz CT molecular complexity index is 277. The second-order valence-corrected chi connectivity index (χ2v) is 2.87. The predicted octanol–water partition coefficient (Wildman–Crippen LogP) is 2.41. The smallest absolute Gasteiger partial charge is 0.0670 e. The molecule has 0 amide bonds. The second-order valence-electron chi connectivity index (χ2n) is 2.44. The minimum absolute atomic E-state index is 0.728. The van der Waals surface area contributed by atoms with Gasteiger partial charge in [-0.25, -0.2) is 0 Å². The summed E-state index contributed by atoms with van der Waals surface area (Å²) in [5.74, 6) is 5.21. The first kappa shape index (κ1) is 9.07. The van der Waals surface area contributed by atoms with E-state index in [1.807, 2.05) is 31.2 Å². The maximum atomic E-state index is 5.73. The van der Waals surface area contributed by atoms with Crippen LogP contribution in [0.3, 0.4) is 0 Å². The molecular formula is C9H11ClN2. The van der Waals surface area contributed by atoms with Crippen molar-refractivity contribution in [1.82, 2.24) is 0 Å². The molecule has 64 valence electrons. The third-order valence-corrected chi connectivity index (χ3v) is 1.92. The zero-order chi connectivity index (χ0) is 8.97. The largest absolute Gasteiger partial charge is 0.323 e. The summed E-state index contributed by atoms with van der Waals surface area (Å²) < 4.78 is 0. The molecule has 2 nitrogen and oxygen atoms in total. The van der Waals surface area contributed by atoms with Crippen LogP contribution >= 0.6 is 11.6 Å². The summed E-state index contributed by atoms with van der Waals surface area (Å²) in [5.41, 5.74) is 1.93. The number of hydrazone groups is 1. The third kappa shape index (κ3) is 1.98. The van der Waals surface area contributed by atoms with Gasteiger partial charge < -0.3 is 5.84 Å². The predicted molar refractivity (Wildman–Crippen MR) is 52.5 cm³/mol. The van der Waals surface area contributed by atoms with Crippen molar-refractivity contribution >= 4 is 17.3 Å². The Kier molecular flexibility index (Phi) is 3.11. The Morgan fingerprint density at radius 3 is 2.42 bits per heavy atom. The van der Waals surface area contributed by atoms with Crippen LogP contribution in [0, 0.1) is 0 Å². The maximum absolute atomic E-state index is 5.73. The molecule has 12 heavy (non-hydrogen) atoms. The van der Waals surface area contributed by atoms with Gasteiger partial charge in [0.2, 0.25) is 0 Å². The molecule has 0 bridgehead atoms. The molecule has 0 atom stereocenters. The summed E-state index contributed by atoms with van der Waals surface area (Å²) in [7, 11) is 0. The molecular weight excluding hydrogens is 172 g/mol. The van der Waals surface area contributed by atoms with Crippen molar-refractivity contribution in [1.29, 1.82) is 0 Å². The SMILES string of the molecule is CC/C(=N/N)c1ccc(Cl)cc1. The molecule has 1 rings (SSSR count). The standard InChI is InChI=1S/C9H11ClN2/c1-2-9(12-11)7-3-5-8(10)6-4-7/h3-6H,2,11H2,1H3/b12-9-. The molecule has 1 aromatic carbocycles. The fraction of sp³-hybridized carbons (Fsp3) is 0.222. The molecule has 1 aromatic rings. The molecule has 0 aliphatic heterocycles. The highest BCUT2D eigenvalue weighted by atomic mass is 35.5. The Balaban J connectivity index is 2.96. The van der Waals surface area contributed by atoms with Crippen LogP contribution in [-0.4, -0.2) is 5.71 Å². The van der Waals surface area contributed by atoms with Crippen LogP contribution in [0.4, 0.5) is 0 Å². The fourth-order valence-electron chi connectivity index (χ4n) is 1.01. The van der Waals surface area contributed by atoms with E-state index in [4.69, 9.17) is 17.4 Å². The monoisotopic (exact) mass is 182 g/mol. The summed E-state index contributed by atoms with van der Waals surface area (Å²) in [4.78, 5) is 0. The van der Waals surface area contributed by atoms with Crippen molar-refractivity contribution in [3.05, 3.63) is 34.9 Å². The number of rotatable bonds is 2. The Morgan fingerprint density at radius 1 is 1.42 bits per heavy atom. The van der Waals surface area contributed by atoms with Gasteiger partial charge in [-0.2, -0.15) is 5.10 Å². The lowest BCUT2D eigenvalue weighted by Crippen LogP contribution is -2.01. The van der Waals surface area contributed by atoms with Crippen LogP contribution in [0.5, 0.6) is 0 Å². The van der Waals surface area contributed by atoms with Gasteiger partial charge in [0, 0.05) is 5.02 Å². The summed E-state index contributed by atoms with van der Waals surface area (Å²) in [6.45, 7) is 2.01. The Hall–Kier alpha value is -1.02. The third-order valence-electron chi connectivity index (χ3n) is 1.67. The first-order valence-electron chi connectivity index (χ1n) is 3.80. The zero-order valence-corrected chi connectivity index (χ0v) is 7.67. The normalized spacial score (nSPS) is 11.7. The number of hydrogen-bond acceptors (Lipinski definition) is 2. The minimum Gasteiger partial charge on any atom is -0.323 e. The van der Waals surface area contributed by atoms with Crippen molar-refractivity contribution in [2.75, 3.05) is 0 Å². The van der Waals surface area contributed by atoms with Crippen molar-refractivity contribution < 1.29 is 0 Å². The van der Waals surface area contributed by atoms with Crippen molar-refractivity contribution in [3.8, 4) is 0 Å². The molecule has 0 saturated heterocycles. The van der Waals surface area contributed by atoms with E-state index in [9.17, 15) is 0 Å². The highest BCUT2D eigenvalue weighted by molar-refractivity contribution is 6.30. The average Bonchev–Trinajstić information content (AvgIpc) is 2.10. The van der Waals surface area contributed by atoms with Crippen LogP contribution in [0.2, 0.25) is 5.02 Å². The second kappa shape index (κ2) is 4.12. The molecule has 0 aliphatic rings. The van der Waals surface area contributed by atoms with Gasteiger partial charge in [-0.05, 0) is 24.1 Å². The zero-order valence-electron chi connectivity index (χ0n) is 6.92. The number of nitrogens with two attached hydrogens (primary N) is 1. The fourth-order valence-corrected chi connectivity index (χ4v) is 1.14. The number of benzene rings is 1. The lowest BCUT2D eigenvalue weighted by atomic mass is 10.1. The van der Waals surface area contributed by atoms with E-state index in [1.54, 1.807) is 0 Å². The van der Waals surface area contributed by atoms with E-state index in [0.29, 0.717) is 0 Å². The lowest BCUT2D eigenvalue weighted by molar-refractivity contribution is 1.17. The number of nitrogens with zero attached hydrogens (tertiary/aromatic N) is 1. The van der Waals surface area contributed by atoms with Crippen molar-refractivity contribution in [2.24, 2.45) is 10.9 Å². The first-order chi connectivity index (χ1) is 5.77. The summed E-state index contributed by atoms with van der Waals surface area (Å²) in [6.07, 6.45) is 0.831. The molecule has 0 aromatic heterocycles. The minimum atomic E-state index is 0.728. The number of hydrogen-bond donors (Lipinski definition) is 1. The van der Waals surface area contributed by atoms with Gasteiger partial charge in [-0.3, -0.25) is 0 Å². The quantitative estimate of drug-likeness (QED) is 0.426. The summed E-state index contributed by atoms with van der Waals surface area (Å²) in [5, 5.41) is 4.41. The van der Waals surface area contributed by atoms with Crippen molar-refractivity contribution in [2.45, 2.75) is 13.3 Å². The van der Waals surface area contributed by atoms with E-state index in [1.165, 1.54) is 0 Å². The lowest BCUT2D eigenvalue weighted by Gasteiger charge is -2.00. The van der Waals surface area contributed by atoms with Crippen LogP contribution in [0.1, 0.15) is 18.9 Å². The molecule has 0 aliphatic carbocycles. The molecule has 0 spiro atoms. The molecule has 2 N–H and O–H groups in total. The van der Waals surface area contributed by atoms with Crippen LogP contribution in [0.25, 0.3) is 0 Å². The van der Waals surface area contributed by atoms with Crippen LogP contribution in [0.15, 0.2) is 29.4 Å². The van der Waals surface area contributed by atoms with Gasteiger partial charge in [0.1, 0.15) is 0 Å². The first-order valence-corrected chi connectivity index (χ1v) is 4.18. The van der Waals surface area contributed by atoms with Crippen LogP contribution < -0.4 is 5.84 Å². The van der Waals surface area contributed by atoms with Gasteiger partial charge >= 0.3 is 0 Å².